The number of carbonyl (C=O) groups excluding carboxylic acids is 1. The minimum Gasteiger partial charge on any atom is -0.469 e. The Hall–Kier alpha value is -1.36. The third-order valence-corrected chi connectivity index (χ3v) is 2.44. The first-order valence-electron chi connectivity index (χ1n) is 4.72. The lowest BCUT2D eigenvalue weighted by Crippen LogP contribution is -2.41. The third kappa shape index (κ3) is 2.79. The zero-order valence-electron chi connectivity index (χ0n) is 8.74. The van der Waals surface area contributed by atoms with Crippen LogP contribution in [-0.4, -0.2) is 16.9 Å². The predicted octanol–water partition coefficient (Wildman–Crippen LogP) is 1.25. The number of nitrogens with two attached hydrogens (primary N) is 1. The lowest BCUT2D eigenvalue weighted by Gasteiger charge is -2.11. The molecular formula is C10H14N2O2S. The Morgan fingerprint density at radius 3 is 2.93 bits per heavy atom. The second kappa shape index (κ2) is 4.93. The maximum atomic E-state index is 11.7. The lowest BCUT2D eigenvalue weighted by molar-refractivity contribution is 0.0947. The van der Waals surface area contributed by atoms with Gasteiger partial charge >= 0.3 is 0 Å². The van der Waals surface area contributed by atoms with Gasteiger partial charge in [0.2, 0.25) is 0 Å². The fourth-order valence-corrected chi connectivity index (χ4v) is 1.22. The van der Waals surface area contributed by atoms with Gasteiger partial charge in [0.1, 0.15) is 5.76 Å². The summed E-state index contributed by atoms with van der Waals surface area (Å²) >= 11 is 4.77. The van der Waals surface area contributed by atoms with Gasteiger partial charge in [-0.2, -0.15) is 0 Å². The van der Waals surface area contributed by atoms with Crippen molar-refractivity contribution < 1.29 is 9.21 Å². The molecule has 0 bridgehead atoms. The highest BCUT2D eigenvalue weighted by Crippen LogP contribution is 2.11. The average Bonchev–Trinajstić information content (AvgIpc) is 2.64. The van der Waals surface area contributed by atoms with E-state index < -0.39 is 0 Å². The quantitative estimate of drug-likeness (QED) is 0.758. The normalized spacial score (nSPS) is 12.1. The molecule has 0 saturated carbocycles. The summed E-state index contributed by atoms with van der Waals surface area (Å²) in [6, 6.07) is 1.33. The van der Waals surface area contributed by atoms with Crippen LogP contribution < -0.4 is 11.1 Å². The molecule has 1 heterocycles. The molecule has 0 spiro atoms. The standard InChI is InChI=1S/C10H14N2O2S/c1-3-8-7(4-5-14-8)10(13)12-6(2)9(11)15/h4-6H,3H2,1-2H3,(H2,11,15)(H,12,13). The number of nitrogens with one attached hydrogen (secondary N) is 1. The van der Waals surface area contributed by atoms with Crippen molar-refractivity contribution in [3.05, 3.63) is 23.7 Å². The molecule has 1 rings (SSSR count). The number of carbonyl (C=O) groups is 1. The molecule has 82 valence electrons. The summed E-state index contributed by atoms with van der Waals surface area (Å²) in [5.74, 6) is 0.462. The molecule has 1 amide bonds. The van der Waals surface area contributed by atoms with Crippen LogP contribution in [0.5, 0.6) is 0 Å². The zero-order valence-corrected chi connectivity index (χ0v) is 9.56. The van der Waals surface area contributed by atoms with Crippen molar-refractivity contribution in [3.8, 4) is 0 Å². The number of hydrogen-bond donors (Lipinski definition) is 2. The maximum absolute atomic E-state index is 11.7. The van der Waals surface area contributed by atoms with Crippen molar-refractivity contribution in [2.45, 2.75) is 26.3 Å². The van der Waals surface area contributed by atoms with Crippen molar-refractivity contribution in [3.63, 3.8) is 0 Å². The number of amides is 1. The molecule has 1 aromatic heterocycles. The summed E-state index contributed by atoms with van der Waals surface area (Å²) < 4.78 is 5.15. The predicted molar refractivity (Wildman–Crippen MR) is 61.8 cm³/mol. The maximum Gasteiger partial charge on any atom is 0.255 e. The van der Waals surface area contributed by atoms with Crippen LogP contribution in [0.25, 0.3) is 0 Å². The number of hydrogen-bond acceptors (Lipinski definition) is 3. The smallest absolute Gasteiger partial charge is 0.255 e. The monoisotopic (exact) mass is 226 g/mol. The second-order valence-electron chi connectivity index (χ2n) is 3.21. The first kappa shape index (κ1) is 11.7. The van der Waals surface area contributed by atoms with Gasteiger partial charge in [0.15, 0.2) is 0 Å². The Balaban J connectivity index is 2.73. The number of furan rings is 1. The van der Waals surface area contributed by atoms with Gasteiger partial charge in [0.05, 0.1) is 22.9 Å². The fourth-order valence-electron chi connectivity index (χ4n) is 1.16. The van der Waals surface area contributed by atoms with Crippen molar-refractivity contribution in [1.29, 1.82) is 0 Å². The minimum absolute atomic E-state index is 0.207. The van der Waals surface area contributed by atoms with Crippen molar-refractivity contribution in [2.24, 2.45) is 5.73 Å². The largest absolute Gasteiger partial charge is 0.469 e. The van der Waals surface area contributed by atoms with Crippen LogP contribution in [0.3, 0.4) is 0 Å². The molecule has 5 heteroatoms. The van der Waals surface area contributed by atoms with Crippen LogP contribution in [0.1, 0.15) is 30.0 Å². The molecule has 0 aliphatic carbocycles. The first-order valence-corrected chi connectivity index (χ1v) is 5.13. The second-order valence-corrected chi connectivity index (χ2v) is 3.68. The summed E-state index contributed by atoms with van der Waals surface area (Å²) in [7, 11) is 0. The summed E-state index contributed by atoms with van der Waals surface area (Å²) in [5, 5.41) is 2.69. The minimum atomic E-state index is -0.313. The molecule has 0 radical (unpaired) electrons. The van der Waals surface area contributed by atoms with E-state index in [1.807, 2.05) is 6.92 Å². The van der Waals surface area contributed by atoms with Crippen LogP contribution in [0, 0.1) is 0 Å². The highest BCUT2D eigenvalue weighted by molar-refractivity contribution is 7.80. The van der Waals surface area contributed by atoms with Gasteiger partial charge in [-0.3, -0.25) is 4.79 Å². The number of aryl methyl sites for hydroxylation is 1. The zero-order chi connectivity index (χ0) is 11.4. The fraction of sp³-hybridized carbons (Fsp3) is 0.400. The molecule has 1 aromatic rings. The van der Waals surface area contributed by atoms with Crippen molar-refractivity contribution >= 4 is 23.1 Å². The van der Waals surface area contributed by atoms with Gasteiger partial charge in [0.25, 0.3) is 5.91 Å². The average molecular weight is 226 g/mol. The van der Waals surface area contributed by atoms with Crippen LogP contribution in [0.2, 0.25) is 0 Å². The highest BCUT2D eigenvalue weighted by atomic mass is 32.1. The summed E-state index contributed by atoms with van der Waals surface area (Å²) in [6.45, 7) is 3.67. The van der Waals surface area contributed by atoms with Crippen molar-refractivity contribution in [1.82, 2.24) is 5.32 Å². The van der Waals surface area contributed by atoms with E-state index in [-0.39, 0.29) is 16.9 Å². The molecule has 1 atom stereocenters. The Kier molecular flexibility index (Phi) is 3.85. The molecule has 15 heavy (non-hydrogen) atoms. The van der Waals surface area contributed by atoms with E-state index in [0.29, 0.717) is 17.7 Å². The van der Waals surface area contributed by atoms with Gasteiger partial charge in [-0.25, -0.2) is 0 Å². The Labute approximate surface area is 93.8 Å². The van der Waals surface area contributed by atoms with E-state index in [9.17, 15) is 4.79 Å². The Morgan fingerprint density at radius 1 is 1.73 bits per heavy atom. The molecule has 0 aliphatic heterocycles. The number of thiocarbonyl (C=S) groups is 1. The molecule has 3 N–H and O–H groups in total. The van der Waals surface area contributed by atoms with Crippen molar-refractivity contribution in [2.75, 3.05) is 0 Å². The molecule has 0 fully saturated rings. The summed E-state index contributed by atoms with van der Waals surface area (Å²) in [6.07, 6.45) is 2.18. The van der Waals surface area contributed by atoms with Gasteiger partial charge in [-0.1, -0.05) is 19.1 Å². The first-order chi connectivity index (χ1) is 7.06. The molecule has 0 aliphatic rings. The highest BCUT2D eigenvalue weighted by Gasteiger charge is 2.16. The topological polar surface area (TPSA) is 68.3 Å². The van der Waals surface area contributed by atoms with Crippen LogP contribution in [-0.2, 0) is 6.42 Å². The van der Waals surface area contributed by atoms with Crippen LogP contribution in [0.15, 0.2) is 16.7 Å². The van der Waals surface area contributed by atoms with Gasteiger partial charge in [0, 0.05) is 6.42 Å². The summed E-state index contributed by atoms with van der Waals surface area (Å²) in [4.78, 5) is 12.0. The Morgan fingerprint density at radius 2 is 2.40 bits per heavy atom. The van der Waals surface area contributed by atoms with E-state index in [1.54, 1.807) is 13.0 Å². The molecular weight excluding hydrogens is 212 g/mol. The van der Waals surface area contributed by atoms with E-state index in [0.717, 1.165) is 0 Å². The van der Waals surface area contributed by atoms with E-state index >= 15 is 0 Å². The van der Waals surface area contributed by atoms with Gasteiger partial charge in [-0.15, -0.1) is 0 Å². The SMILES string of the molecule is CCc1occc1C(=O)NC(C)C(N)=S. The Bertz CT molecular complexity index is 373. The molecule has 1 unspecified atom stereocenters. The summed E-state index contributed by atoms with van der Waals surface area (Å²) in [5.41, 5.74) is 5.94. The third-order valence-electron chi connectivity index (χ3n) is 2.09. The van der Waals surface area contributed by atoms with E-state index in [4.69, 9.17) is 22.4 Å². The molecule has 4 nitrogen and oxygen atoms in total. The number of rotatable bonds is 4. The molecule has 0 saturated heterocycles. The van der Waals surface area contributed by atoms with Crippen LogP contribution in [0.4, 0.5) is 0 Å². The lowest BCUT2D eigenvalue weighted by atomic mass is 10.2. The van der Waals surface area contributed by atoms with Gasteiger partial charge in [-0.05, 0) is 13.0 Å². The molecule has 0 aromatic carbocycles. The van der Waals surface area contributed by atoms with E-state index in [2.05, 4.69) is 5.32 Å². The van der Waals surface area contributed by atoms with E-state index in [1.165, 1.54) is 6.26 Å². The van der Waals surface area contributed by atoms with Crippen LogP contribution >= 0.6 is 12.2 Å². The van der Waals surface area contributed by atoms with Gasteiger partial charge < -0.3 is 15.5 Å².